The quantitative estimate of drug-likeness (QED) is 0.545. The van der Waals surface area contributed by atoms with Gasteiger partial charge in [-0.05, 0) is 18.6 Å². The van der Waals surface area contributed by atoms with Crippen LogP contribution in [0.4, 0.5) is 14.5 Å². The normalized spacial score (nSPS) is 19.6. The number of aliphatic imine (C=N–C) groups is 1. The Morgan fingerprint density at radius 2 is 2.19 bits per heavy atom. The zero-order valence-electron chi connectivity index (χ0n) is 18.1. The first-order valence-electron chi connectivity index (χ1n) is 10.5. The number of rotatable bonds is 5. The molecule has 4 rings (SSSR count). The molecule has 3 heterocycles. The van der Waals surface area contributed by atoms with Gasteiger partial charge in [0.1, 0.15) is 17.3 Å². The SMILES string of the molecule is CC(=O)N1CCC(NC2CCOC2)=C(C(N)=Nc2ccc(F)c(-c3cnn(C)c3)c2F)C1. The Labute approximate surface area is 184 Å². The van der Waals surface area contributed by atoms with Gasteiger partial charge in [-0.25, -0.2) is 13.8 Å². The summed E-state index contributed by atoms with van der Waals surface area (Å²) in [7, 11) is 1.67. The number of halogens is 2. The van der Waals surface area contributed by atoms with Crippen LogP contribution in [0.3, 0.4) is 0 Å². The zero-order chi connectivity index (χ0) is 22.8. The lowest BCUT2D eigenvalue weighted by Crippen LogP contribution is -2.43. The third-order valence-corrected chi connectivity index (χ3v) is 5.71. The lowest BCUT2D eigenvalue weighted by Gasteiger charge is -2.31. The second-order valence-corrected chi connectivity index (χ2v) is 8.01. The summed E-state index contributed by atoms with van der Waals surface area (Å²) in [4.78, 5) is 17.9. The zero-order valence-corrected chi connectivity index (χ0v) is 18.1. The van der Waals surface area contributed by atoms with Gasteiger partial charge in [-0.1, -0.05) is 0 Å². The summed E-state index contributed by atoms with van der Waals surface area (Å²) in [5.41, 5.74) is 7.82. The molecule has 3 N–H and O–H groups in total. The first-order valence-corrected chi connectivity index (χ1v) is 10.5. The number of nitrogens with zero attached hydrogens (tertiary/aromatic N) is 4. The van der Waals surface area contributed by atoms with Crippen LogP contribution in [0.15, 0.2) is 40.8 Å². The van der Waals surface area contributed by atoms with Crippen molar-refractivity contribution in [3.05, 3.63) is 47.4 Å². The van der Waals surface area contributed by atoms with Crippen molar-refractivity contribution < 1.29 is 18.3 Å². The van der Waals surface area contributed by atoms with Crippen LogP contribution in [-0.4, -0.2) is 58.8 Å². The van der Waals surface area contributed by atoms with Crippen LogP contribution in [0, 0.1) is 11.6 Å². The molecule has 10 heteroatoms. The number of aryl methyl sites for hydroxylation is 1. The minimum Gasteiger partial charge on any atom is -0.383 e. The Morgan fingerprint density at radius 3 is 2.84 bits per heavy atom. The smallest absolute Gasteiger partial charge is 0.219 e. The molecule has 0 bridgehead atoms. The Morgan fingerprint density at radius 1 is 1.38 bits per heavy atom. The Balaban J connectivity index is 1.71. The van der Waals surface area contributed by atoms with Gasteiger partial charge in [-0.2, -0.15) is 5.10 Å². The molecule has 170 valence electrons. The van der Waals surface area contributed by atoms with Crippen molar-refractivity contribution in [3.63, 3.8) is 0 Å². The topological polar surface area (TPSA) is 97.8 Å². The first-order chi connectivity index (χ1) is 15.3. The Hall–Kier alpha value is -3.27. The molecule has 1 fully saturated rings. The summed E-state index contributed by atoms with van der Waals surface area (Å²) in [6.07, 6.45) is 4.36. The van der Waals surface area contributed by atoms with E-state index in [-0.39, 0.29) is 35.6 Å². The Bertz CT molecular complexity index is 1090. The molecule has 1 atom stereocenters. The minimum absolute atomic E-state index is 0.0784. The maximum Gasteiger partial charge on any atom is 0.219 e. The molecule has 1 amide bonds. The number of amides is 1. The average molecular weight is 444 g/mol. The number of carbonyl (C=O) groups is 1. The number of amidine groups is 1. The van der Waals surface area contributed by atoms with E-state index in [1.54, 1.807) is 11.9 Å². The number of nitrogens with one attached hydrogen (secondary N) is 1. The fourth-order valence-corrected chi connectivity index (χ4v) is 3.96. The highest BCUT2D eigenvalue weighted by molar-refractivity contribution is 6.00. The van der Waals surface area contributed by atoms with Gasteiger partial charge in [0.05, 0.1) is 31.0 Å². The monoisotopic (exact) mass is 444 g/mol. The largest absolute Gasteiger partial charge is 0.383 e. The fourth-order valence-electron chi connectivity index (χ4n) is 3.96. The van der Waals surface area contributed by atoms with E-state index in [0.717, 1.165) is 18.2 Å². The number of ether oxygens (including phenoxy) is 1. The van der Waals surface area contributed by atoms with Gasteiger partial charge in [0.25, 0.3) is 0 Å². The summed E-state index contributed by atoms with van der Waals surface area (Å²) in [5, 5.41) is 7.43. The number of benzene rings is 1. The molecule has 32 heavy (non-hydrogen) atoms. The third kappa shape index (κ3) is 4.50. The highest BCUT2D eigenvalue weighted by Crippen LogP contribution is 2.32. The van der Waals surface area contributed by atoms with Gasteiger partial charge in [0, 0.05) is 56.6 Å². The van der Waals surface area contributed by atoms with E-state index in [4.69, 9.17) is 10.5 Å². The number of carbonyl (C=O) groups excluding carboxylic acids is 1. The van der Waals surface area contributed by atoms with E-state index < -0.39 is 11.6 Å². The Kier molecular flexibility index (Phi) is 6.22. The van der Waals surface area contributed by atoms with Crippen molar-refractivity contribution >= 4 is 17.4 Å². The predicted molar refractivity (Wildman–Crippen MR) is 116 cm³/mol. The van der Waals surface area contributed by atoms with Gasteiger partial charge in [0.15, 0.2) is 5.82 Å². The van der Waals surface area contributed by atoms with Crippen molar-refractivity contribution in [2.45, 2.75) is 25.8 Å². The second kappa shape index (κ2) is 9.07. The molecule has 1 saturated heterocycles. The van der Waals surface area contributed by atoms with Crippen LogP contribution in [0.2, 0.25) is 0 Å². The molecule has 0 saturated carbocycles. The van der Waals surface area contributed by atoms with E-state index in [1.165, 1.54) is 30.1 Å². The third-order valence-electron chi connectivity index (χ3n) is 5.71. The summed E-state index contributed by atoms with van der Waals surface area (Å²) in [6.45, 7) is 3.58. The highest BCUT2D eigenvalue weighted by Gasteiger charge is 2.26. The van der Waals surface area contributed by atoms with E-state index in [2.05, 4.69) is 15.4 Å². The highest BCUT2D eigenvalue weighted by atomic mass is 19.1. The van der Waals surface area contributed by atoms with Gasteiger partial charge in [-0.15, -0.1) is 0 Å². The number of hydrogen-bond donors (Lipinski definition) is 2. The van der Waals surface area contributed by atoms with Gasteiger partial charge < -0.3 is 20.7 Å². The molecule has 2 aromatic rings. The van der Waals surface area contributed by atoms with Crippen molar-refractivity contribution in [2.24, 2.45) is 17.8 Å². The minimum atomic E-state index is -0.820. The van der Waals surface area contributed by atoms with Gasteiger partial charge in [-0.3, -0.25) is 9.48 Å². The molecule has 1 unspecified atom stereocenters. The van der Waals surface area contributed by atoms with Gasteiger partial charge in [0.2, 0.25) is 5.91 Å². The summed E-state index contributed by atoms with van der Waals surface area (Å²) < 4.78 is 36.5. The number of hydrogen-bond acceptors (Lipinski definition) is 5. The van der Waals surface area contributed by atoms with Crippen molar-refractivity contribution in [1.82, 2.24) is 20.0 Å². The van der Waals surface area contributed by atoms with Crippen LogP contribution in [0.5, 0.6) is 0 Å². The lowest BCUT2D eigenvalue weighted by molar-refractivity contribution is -0.128. The first kappa shape index (κ1) is 21.9. The van der Waals surface area contributed by atoms with Crippen LogP contribution in [0.1, 0.15) is 19.8 Å². The maximum absolute atomic E-state index is 15.2. The molecular weight excluding hydrogens is 418 g/mol. The summed E-state index contributed by atoms with van der Waals surface area (Å²) in [5.74, 6) is -1.53. The second-order valence-electron chi connectivity index (χ2n) is 8.01. The molecule has 2 aliphatic heterocycles. The number of aromatic nitrogens is 2. The molecule has 2 aliphatic rings. The molecule has 0 radical (unpaired) electrons. The van der Waals surface area contributed by atoms with Crippen LogP contribution in [0.25, 0.3) is 11.1 Å². The molecular formula is C22H26F2N6O2. The van der Waals surface area contributed by atoms with Crippen molar-refractivity contribution in [2.75, 3.05) is 26.3 Å². The predicted octanol–water partition coefficient (Wildman–Crippen LogP) is 2.24. The van der Waals surface area contributed by atoms with Crippen molar-refractivity contribution in [3.8, 4) is 11.1 Å². The van der Waals surface area contributed by atoms with E-state index in [9.17, 15) is 9.18 Å². The molecule has 1 aromatic carbocycles. The molecule has 0 spiro atoms. The van der Waals surface area contributed by atoms with Crippen LogP contribution in [-0.2, 0) is 16.6 Å². The number of nitrogens with two attached hydrogens (primary N) is 1. The lowest BCUT2D eigenvalue weighted by atomic mass is 10.0. The van der Waals surface area contributed by atoms with E-state index >= 15 is 4.39 Å². The summed E-state index contributed by atoms with van der Waals surface area (Å²) in [6, 6.07) is 2.56. The van der Waals surface area contributed by atoms with E-state index in [1.807, 2.05) is 0 Å². The average Bonchev–Trinajstić information content (AvgIpc) is 3.42. The van der Waals surface area contributed by atoms with E-state index in [0.29, 0.717) is 37.3 Å². The molecule has 0 aliphatic carbocycles. The van der Waals surface area contributed by atoms with Gasteiger partial charge >= 0.3 is 0 Å². The van der Waals surface area contributed by atoms with Crippen molar-refractivity contribution in [1.29, 1.82) is 0 Å². The molecule has 1 aromatic heterocycles. The summed E-state index contributed by atoms with van der Waals surface area (Å²) >= 11 is 0. The van der Waals surface area contributed by atoms with Crippen LogP contribution >= 0.6 is 0 Å². The maximum atomic E-state index is 15.2. The standard InChI is InChI=1S/C22H26F2N6O2/c1-13(31)30-7-5-18(27-15-6-8-32-12-15)16(11-30)22(25)28-19-4-3-17(23)20(21(19)24)14-9-26-29(2)10-14/h3-4,9-10,15,27H,5-8,11-12H2,1-2H3,(H2,25,28). The van der Waals surface area contributed by atoms with Crippen LogP contribution < -0.4 is 11.1 Å². The fraction of sp³-hybridized carbons (Fsp3) is 0.409. The molecule has 8 nitrogen and oxygen atoms in total.